The highest BCUT2D eigenvalue weighted by Crippen LogP contribution is 2.25. The number of aryl methyl sites for hydroxylation is 2. The Labute approximate surface area is 108 Å². The first-order valence-corrected chi connectivity index (χ1v) is 7.39. The predicted molar refractivity (Wildman–Crippen MR) is 73.3 cm³/mol. The second-order valence-corrected chi connectivity index (χ2v) is 6.23. The molecule has 0 bridgehead atoms. The summed E-state index contributed by atoms with van der Waals surface area (Å²) in [6.07, 6.45) is 5.14. The van der Waals surface area contributed by atoms with Crippen LogP contribution in [0.1, 0.15) is 41.3 Å². The van der Waals surface area contributed by atoms with Gasteiger partial charge in [-0.15, -0.1) is 11.3 Å². The zero-order valence-electron chi connectivity index (χ0n) is 10.9. The van der Waals surface area contributed by atoms with Crippen LogP contribution in [0.25, 0.3) is 0 Å². The normalized spacial score (nSPS) is 21.9. The molecule has 1 aliphatic rings. The van der Waals surface area contributed by atoms with E-state index < -0.39 is 0 Å². The van der Waals surface area contributed by atoms with Crippen LogP contribution in [-0.2, 0) is 6.54 Å². The lowest BCUT2D eigenvalue weighted by atomic mass is 9.99. The molecule has 1 atom stereocenters. The highest BCUT2D eigenvalue weighted by Gasteiger charge is 2.22. The zero-order valence-corrected chi connectivity index (χ0v) is 11.7. The van der Waals surface area contributed by atoms with Crippen molar-refractivity contribution in [3.05, 3.63) is 15.6 Å². The maximum Gasteiger partial charge on any atom is 0.0900 e. The molecule has 1 unspecified atom stereocenters. The van der Waals surface area contributed by atoms with Crippen LogP contribution < -0.4 is 5.73 Å². The van der Waals surface area contributed by atoms with Crippen molar-refractivity contribution in [1.82, 2.24) is 9.88 Å². The van der Waals surface area contributed by atoms with Crippen molar-refractivity contribution in [2.75, 3.05) is 13.1 Å². The van der Waals surface area contributed by atoms with E-state index in [1.165, 1.54) is 41.4 Å². The van der Waals surface area contributed by atoms with Crippen LogP contribution in [0.15, 0.2) is 0 Å². The van der Waals surface area contributed by atoms with Gasteiger partial charge in [0.15, 0.2) is 0 Å². The van der Waals surface area contributed by atoms with E-state index in [1.807, 2.05) is 11.3 Å². The fourth-order valence-electron chi connectivity index (χ4n) is 2.69. The fraction of sp³-hybridized carbons (Fsp3) is 0.769. The molecular weight excluding hydrogens is 230 g/mol. The van der Waals surface area contributed by atoms with E-state index in [0.29, 0.717) is 6.04 Å². The standard InChI is InChI=1S/C13H23N3S/c1-10-13(17-11(2)15-10)9-16-8-4-3-5-12(16)6-7-14/h12H,3-9,14H2,1-2H3. The average molecular weight is 253 g/mol. The molecule has 3 nitrogen and oxygen atoms in total. The van der Waals surface area contributed by atoms with Gasteiger partial charge in [-0.25, -0.2) is 4.98 Å². The van der Waals surface area contributed by atoms with Gasteiger partial charge >= 0.3 is 0 Å². The molecule has 0 amide bonds. The molecule has 1 aromatic heterocycles. The number of nitrogens with two attached hydrogens (primary N) is 1. The summed E-state index contributed by atoms with van der Waals surface area (Å²) in [5.74, 6) is 0. The van der Waals surface area contributed by atoms with Crippen LogP contribution in [0.5, 0.6) is 0 Å². The van der Waals surface area contributed by atoms with Crippen LogP contribution in [0.3, 0.4) is 0 Å². The Kier molecular flexibility index (Phi) is 4.54. The zero-order chi connectivity index (χ0) is 12.3. The summed E-state index contributed by atoms with van der Waals surface area (Å²) in [6, 6.07) is 0.690. The van der Waals surface area contributed by atoms with E-state index in [-0.39, 0.29) is 0 Å². The summed E-state index contributed by atoms with van der Waals surface area (Å²) in [5.41, 5.74) is 6.93. The van der Waals surface area contributed by atoms with Gasteiger partial charge in [-0.2, -0.15) is 0 Å². The lowest BCUT2D eigenvalue weighted by Crippen LogP contribution is -2.40. The molecule has 17 heavy (non-hydrogen) atoms. The Bertz CT molecular complexity index is 360. The Morgan fingerprint density at radius 1 is 1.41 bits per heavy atom. The third-order valence-corrected chi connectivity index (χ3v) is 4.65. The van der Waals surface area contributed by atoms with Crippen molar-refractivity contribution in [2.45, 2.75) is 52.1 Å². The maximum absolute atomic E-state index is 5.71. The topological polar surface area (TPSA) is 42.2 Å². The van der Waals surface area contributed by atoms with E-state index in [0.717, 1.165) is 19.5 Å². The molecule has 4 heteroatoms. The van der Waals surface area contributed by atoms with Crippen LogP contribution in [0.2, 0.25) is 0 Å². The molecule has 1 saturated heterocycles. The Hall–Kier alpha value is -0.450. The van der Waals surface area contributed by atoms with Gasteiger partial charge in [-0.3, -0.25) is 4.90 Å². The van der Waals surface area contributed by atoms with E-state index in [9.17, 15) is 0 Å². The van der Waals surface area contributed by atoms with E-state index in [4.69, 9.17) is 5.73 Å². The van der Waals surface area contributed by atoms with Crippen LogP contribution >= 0.6 is 11.3 Å². The number of hydrogen-bond acceptors (Lipinski definition) is 4. The molecule has 2 rings (SSSR count). The second-order valence-electron chi connectivity index (χ2n) is 4.94. The summed E-state index contributed by atoms with van der Waals surface area (Å²) in [5, 5.41) is 1.19. The monoisotopic (exact) mass is 253 g/mol. The van der Waals surface area contributed by atoms with Crippen molar-refractivity contribution >= 4 is 11.3 Å². The number of piperidine rings is 1. The van der Waals surface area contributed by atoms with Crippen molar-refractivity contribution in [3.63, 3.8) is 0 Å². The summed E-state index contributed by atoms with van der Waals surface area (Å²) in [4.78, 5) is 8.56. The molecular formula is C13H23N3S. The molecule has 0 spiro atoms. The summed E-state index contributed by atoms with van der Waals surface area (Å²) < 4.78 is 0. The van der Waals surface area contributed by atoms with Gasteiger partial charge in [0.1, 0.15) is 0 Å². The highest BCUT2D eigenvalue weighted by molar-refractivity contribution is 7.11. The molecule has 1 aromatic rings. The molecule has 0 aliphatic carbocycles. The summed E-state index contributed by atoms with van der Waals surface area (Å²) in [6.45, 7) is 7.32. The fourth-order valence-corrected chi connectivity index (χ4v) is 3.65. The van der Waals surface area contributed by atoms with Crippen LogP contribution in [-0.4, -0.2) is 29.0 Å². The molecule has 1 aliphatic heterocycles. The first-order chi connectivity index (χ1) is 8.20. The van der Waals surface area contributed by atoms with E-state index >= 15 is 0 Å². The molecule has 0 saturated carbocycles. The van der Waals surface area contributed by atoms with Crippen LogP contribution in [0.4, 0.5) is 0 Å². The van der Waals surface area contributed by atoms with Gasteiger partial charge < -0.3 is 5.73 Å². The van der Waals surface area contributed by atoms with Crippen molar-refractivity contribution in [1.29, 1.82) is 0 Å². The largest absolute Gasteiger partial charge is 0.330 e. The Morgan fingerprint density at radius 2 is 2.24 bits per heavy atom. The number of thiazole rings is 1. The number of aromatic nitrogens is 1. The second kappa shape index (κ2) is 5.94. The van der Waals surface area contributed by atoms with Crippen LogP contribution in [0, 0.1) is 13.8 Å². The van der Waals surface area contributed by atoms with Gasteiger partial charge in [0.25, 0.3) is 0 Å². The lowest BCUT2D eigenvalue weighted by Gasteiger charge is -2.35. The molecule has 0 aromatic carbocycles. The molecule has 96 valence electrons. The average Bonchev–Trinajstić information content (AvgIpc) is 2.61. The van der Waals surface area contributed by atoms with Gasteiger partial charge in [0.2, 0.25) is 0 Å². The van der Waals surface area contributed by atoms with Crippen molar-refractivity contribution in [2.24, 2.45) is 5.73 Å². The molecule has 1 fully saturated rings. The Morgan fingerprint density at radius 3 is 2.88 bits per heavy atom. The third kappa shape index (κ3) is 3.27. The predicted octanol–water partition coefficient (Wildman–Crippen LogP) is 2.46. The molecule has 2 N–H and O–H groups in total. The molecule has 0 radical (unpaired) electrons. The SMILES string of the molecule is Cc1nc(C)c(CN2CCCCC2CCN)s1. The number of rotatable bonds is 4. The third-order valence-electron chi connectivity index (χ3n) is 3.60. The van der Waals surface area contributed by atoms with E-state index in [2.05, 4.69) is 23.7 Å². The number of nitrogens with zero attached hydrogens (tertiary/aromatic N) is 2. The first kappa shape index (κ1) is 13.0. The van der Waals surface area contributed by atoms with Crippen molar-refractivity contribution < 1.29 is 0 Å². The molecule has 2 heterocycles. The van der Waals surface area contributed by atoms with Crippen molar-refractivity contribution in [3.8, 4) is 0 Å². The smallest absolute Gasteiger partial charge is 0.0900 e. The quantitative estimate of drug-likeness (QED) is 0.896. The van der Waals surface area contributed by atoms with Gasteiger partial charge in [-0.1, -0.05) is 6.42 Å². The van der Waals surface area contributed by atoms with Gasteiger partial charge in [0.05, 0.1) is 10.7 Å². The lowest BCUT2D eigenvalue weighted by molar-refractivity contribution is 0.135. The first-order valence-electron chi connectivity index (χ1n) is 6.57. The van der Waals surface area contributed by atoms with Gasteiger partial charge in [-0.05, 0) is 46.2 Å². The minimum absolute atomic E-state index is 0.690. The maximum atomic E-state index is 5.71. The highest BCUT2D eigenvalue weighted by atomic mass is 32.1. The summed E-state index contributed by atoms with van der Waals surface area (Å²) >= 11 is 1.84. The minimum atomic E-state index is 0.690. The minimum Gasteiger partial charge on any atom is -0.330 e. The number of likely N-dealkylation sites (tertiary alicyclic amines) is 1. The van der Waals surface area contributed by atoms with E-state index in [1.54, 1.807) is 0 Å². The van der Waals surface area contributed by atoms with Gasteiger partial charge in [0, 0.05) is 17.5 Å². The number of hydrogen-bond donors (Lipinski definition) is 1. The Balaban J connectivity index is 2.02. The summed E-state index contributed by atoms with van der Waals surface area (Å²) in [7, 11) is 0.